The lowest BCUT2D eigenvalue weighted by Crippen LogP contribution is -2.18. The van der Waals surface area contributed by atoms with Crippen molar-refractivity contribution in [3.05, 3.63) is 17.2 Å². The predicted octanol–water partition coefficient (Wildman–Crippen LogP) is 1.60. The summed E-state index contributed by atoms with van der Waals surface area (Å²) in [7, 11) is 0. The van der Waals surface area contributed by atoms with Crippen molar-refractivity contribution in [1.29, 1.82) is 0 Å². The Morgan fingerprint density at radius 3 is 3.00 bits per heavy atom. The summed E-state index contributed by atoms with van der Waals surface area (Å²) in [6, 6.07) is 0.666. The smallest absolute Gasteiger partial charge is 0.106 e. The van der Waals surface area contributed by atoms with Gasteiger partial charge < -0.3 is 9.88 Å². The Hall–Kier alpha value is -0.830. The van der Waals surface area contributed by atoms with Crippen molar-refractivity contribution >= 4 is 0 Å². The Kier molecular flexibility index (Phi) is 2.28. The number of aryl methyl sites for hydroxylation is 2. The SMILES string of the molecule is Cc1nc2c(n1[C@@H]1CCNC1)CCCC2. The van der Waals surface area contributed by atoms with Crippen LogP contribution in [0.4, 0.5) is 0 Å². The van der Waals surface area contributed by atoms with Gasteiger partial charge in [-0.25, -0.2) is 4.98 Å². The minimum Gasteiger partial charge on any atom is -0.328 e. The molecule has 0 aromatic carbocycles. The topological polar surface area (TPSA) is 29.9 Å². The number of hydrogen-bond acceptors (Lipinski definition) is 2. The van der Waals surface area contributed by atoms with Crippen LogP contribution >= 0.6 is 0 Å². The van der Waals surface area contributed by atoms with Crippen molar-refractivity contribution < 1.29 is 0 Å². The standard InChI is InChI=1S/C12H19N3/c1-9-14-11-4-2-3-5-12(11)15(9)10-6-7-13-8-10/h10,13H,2-8H2,1H3/t10-/m1/s1. The fourth-order valence-corrected chi connectivity index (χ4v) is 3.04. The molecule has 1 atom stereocenters. The van der Waals surface area contributed by atoms with E-state index in [9.17, 15) is 0 Å². The van der Waals surface area contributed by atoms with E-state index >= 15 is 0 Å². The third-order valence-electron chi connectivity index (χ3n) is 3.75. The van der Waals surface area contributed by atoms with E-state index in [4.69, 9.17) is 4.98 Å². The van der Waals surface area contributed by atoms with Gasteiger partial charge in [0.25, 0.3) is 0 Å². The first-order valence-electron chi connectivity index (χ1n) is 6.13. The monoisotopic (exact) mass is 205 g/mol. The number of nitrogens with one attached hydrogen (secondary N) is 1. The molecule has 3 heteroatoms. The maximum Gasteiger partial charge on any atom is 0.106 e. The lowest BCUT2D eigenvalue weighted by Gasteiger charge is -2.19. The van der Waals surface area contributed by atoms with Crippen LogP contribution < -0.4 is 5.32 Å². The third-order valence-corrected chi connectivity index (χ3v) is 3.75. The van der Waals surface area contributed by atoms with Gasteiger partial charge in [0.05, 0.1) is 5.69 Å². The first-order chi connectivity index (χ1) is 7.36. The van der Waals surface area contributed by atoms with Gasteiger partial charge in [-0.3, -0.25) is 0 Å². The van der Waals surface area contributed by atoms with Gasteiger partial charge in [0, 0.05) is 18.3 Å². The maximum atomic E-state index is 4.73. The summed E-state index contributed by atoms with van der Waals surface area (Å²) in [6.07, 6.45) is 6.38. The van der Waals surface area contributed by atoms with Crippen LogP contribution in [0.15, 0.2) is 0 Å². The summed E-state index contributed by atoms with van der Waals surface area (Å²) in [5, 5.41) is 3.45. The number of rotatable bonds is 1. The molecule has 1 N–H and O–H groups in total. The molecular weight excluding hydrogens is 186 g/mol. The van der Waals surface area contributed by atoms with Crippen LogP contribution in [0.5, 0.6) is 0 Å². The Labute approximate surface area is 90.9 Å². The summed E-state index contributed by atoms with van der Waals surface area (Å²) < 4.78 is 2.51. The van der Waals surface area contributed by atoms with Gasteiger partial charge >= 0.3 is 0 Å². The first kappa shape index (κ1) is 9.40. The molecule has 2 heterocycles. The van der Waals surface area contributed by atoms with Crippen molar-refractivity contribution in [1.82, 2.24) is 14.9 Å². The Morgan fingerprint density at radius 2 is 2.20 bits per heavy atom. The van der Waals surface area contributed by atoms with Crippen LogP contribution in [0, 0.1) is 6.92 Å². The number of fused-ring (bicyclic) bond motifs is 1. The number of nitrogens with zero attached hydrogens (tertiary/aromatic N) is 2. The van der Waals surface area contributed by atoms with E-state index in [0.717, 1.165) is 13.1 Å². The summed E-state index contributed by atoms with van der Waals surface area (Å²) in [6.45, 7) is 4.46. The van der Waals surface area contributed by atoms with Gasteiger partial charge in [0.15, 0.2) is 0 Å². The highest BCUT2D eigenvalue weighted by Crippen LogP contribution is 2.27. The quantitative estimate of drug-likeness (QED) is 0.755. The van der Waals surface area contributed by atoms with Crippen LogP contribution in [0.25, 0.3) is 0 Å². The molecule has 15 heavy (non-hydrogen) atoms. The third kappa shape index (κ3) is 1.49. The van der Waals surface area contributed by atoms with Gasteiger partial charge in [-0.2, -0.15) is 0 Å². The molecule has 1 aliphatic carbocycles. The summed E-state index contributed by atoms with van der Waals surface area (Å²) in [4.78, 5) is 4.73. The van der Waals surface area contributed by atoms with Crippen LogP contribution in [0.3, 0.4) is 0 Å². The van der Waals surface area contributed by atoms with E-state index in [2.05, 4.69) is 16.8 Å². The minimum absolute atomic E-state index is 0.666. The van der Waals surface area contributed by atoms with Crippen LogP contribution in [-0.4, -0.2) is 22.6 Å². The zero-order valence-corrected chi connectivity index (χ0v) is 9.42. The van der Waals surface area contributed by atoms with Gasteiger partial charge in [-0.1, -0.05) is 0 Å². The molecule has 0 bridgehead atoms. The molecular formula is C12H19N3. The van der Waals surface area contributed by atoms with Crippen molar-refractivity contribution in [3.8, 4) is 0 Å². The van der Waals surface area contributed by atoms with Crippen molar-refractivity contribution in [3.63, 3.8) is 0 Å². The normalized spacial score (nSPS) is 25.5. The molecule has 1 fully saturated rings. The molecule has 3 rings (SSSR count). The lowest BCUT2D eigenvalue weighted by molar-refractivity contribution is 0.501. The molecule has 2 aliphatic rings. The minimum atomic E-state index is 0.666. The second kappa shape index (κ2) is 3.63. The number of aromatic nitrogens is 2. The molecule has 1 aliphatic heterocycles. The molecule has 82 valence electrons. The van der Waals surface area contributed by atoms with Crippen LogP contribution in [-0.2, 0) is 12.8 Å². The first-order valence-corrected chi connectivity index (χ1v) is 6.13. The average Bonchev–Trinajstić information content (AvgIpc) is 2.82. The van der Waals surface area contributed by atoms with Gasteiger partial charge in [0.1, 0.15) is 5.82 Å². The fourth-order valence-electron chi connectivity index (χ4n) is 3.04. The molecule has 3 nitrogen and oxygen atoms in total. The van der Waals surface area contributed by atoms with E-state index in [1.54, 1.807) is 0 Å². The van der Waals surface area contributed by atoms with E-state index in [-0.39, 0.29) is 0 Å². The van der Waals surface area contributed by atoms with Gasteiger partial charge in [0.2, 0.25) is 0 Å². The highest BCUT2D eigenvalue weighted by Gasteiger charge is 2.24. The van der Waals surface area contributed by atoms with E-state index in [0.29, 0.717) is 6.04 Å². The van der Waals surface area contributed by atoms with E-state index in [1.165, 1.54) is 49.3 Å². The Balaban J connectivity index is 2.01. The average molecular weight is 205 g/mol. The van der Waals surface area contributed by atoms with Gasteiger partial charge in [-0.15, -0.1) is 0 Å². The maximum absolute atomic E-state index is 4.73. The zero-order valence-electron chi connectivity index (χ0n) is 9.42. The van der Waals surface area contributed by atoms with Crippen molar-refractivity contribution in [2.45, 2.75) is 45.1 Å². The summed E-state index contributed by atoms with van der Waals surface area (Å²) in [5.74, 6) is 1.23. The summed E-state index contributed by atoms with van der Waals surface area (Å²) in [5.41, 5.74) is 2.91. The van der Waals surface area contributed by atoms with E-state index in [1.807, 2.05) is 0 Å². The van der Waals surface area contributed by atoms with Crippen LogP contribution in [0.1, 0.15) is 42.5 Å². The zero-order chi connectivity index (χ0) is 10.3. The molecule has 0 unspecified atom stereocenters. The second-order valence-electron chi connectivity index (χ2n) is 4.78. The summed E-state index contributed by atoms with van der Waals surface area (Å²) >= 11 is 0. The van der Waals surface area contributed by atoms with Crippen molar-refractivity contribution in [2.24, 2.45) is 0 Å². The molecule has 0 amide bonds. The predicted molar refractivity (Wildman–Crippen MR) is 60.1 cm³/mol. The number of imidazole rings is 1. The Morgan fingerprint density at radius 1 is 1.33 bits per heavy atom. The van der Waals surface area contributed by atoms with Gasteiger partial charge in [-0.05, 0) is 45.6 Å². The largest absolute Gasteiger partial charge is 0.328 e. The highest BCUT2D eigenvalue weighted by molar-refractivity contribution is 5.21. The lowest BCUT2D eigenvalue weighted by atomic mass is 10.0. The molecule has 0 spiro atoms. The fraction of sp³-hybridized carbons (Fsp3) is 0.750. The highest BCUT2D eigenvalue weighted by atomic mass is 15.2. The molecule has 0 saturated carbocycles. The molecule has 1 aromatic heterocycles. The van der Waals surface area contributed by atoms with E-state index < -0.39 is 0 Å². The second-order valence-corrected chi connectivity index (χ2v) is 4.78. The van der Waals surface area contributed by atoms with Crippen LogP contribution in [0.2, 0.25) is 0 Å². The number of hydrogen-bond donors (Lipinski definition) is 1. The molecule has 1 aromatic rings. The molecule has 1 saturated heterocycles. The molecule has 0 radical (unpaired) electrons. The Bertz CT molecular complexity index is 361. The van der Waals surface area contributed by atoms with Crippen molar-refractivity contribution in [2.75, 3.05) is 13.1 Å².